The Morgan fingerprint density at radius 3 is 2.14 bits per heavy atom. The molecule has 0 aromatic rings. The zero-order valence-corrected chi connectivity index (χ0v) is 14.2. The van der Waals surface area contributed by atoms with E-state index in [1.807, 2.05) is 0 Å². The van der Waals surface area contributed by atoms with Gasteiger partial charge < -0.3 is 4.90 Å². The molecule has 0 bridgehead atoms. The molecule has 1 unspecified atom stereocenters. The van der Waals surface area contributed by atoms with Gasteiger partial charge in [0.1, 0.15) is 0 Å². The molecule has 0 spiro atoms. The fraction of sp³-hybridized carbons (Fsp3) is 1.00. The molecular formula is C14H28F3NO3S. The van der Waals surface area contributed by atoms with E-state index in [9.17, 15) is 13.2 Å². The highest BCUT2D eigenvalue weighted by atomic mass is 32.2. The minimum Gasteiger partial charge on any atom is -0.300 e. The standard InChI is InChI=1S/C13H27N.CHF3O3S/c1-3-5-9-13-10-7-8-12-14(13)11-6-4-2;2-1(3,4)8(5,6)7/h13H,3-12H2,1-2H3;(H,5,6,7). The van der Waals surface area contributed by atoms with E-state index in [1.165, 1.54) is 64.5 Å². The Morgan fingerprint density at radius 2 is 1.68 bits per heavy atom. The zero-order valence-electron chi connectivity index (χ0n) is 13.4. The van der Waals surface area contributed by atoms with Gasteiger partial charge in [-0.25, -0.2) is 0 Å². The van der Waals surface area contributed by atoms with Crippen molar-refractivity contribution in [2.45, 2.75) is 76.8 Å². The summed E-state index contributed by atoms with van der Waals surface area (Å²) < 4.78 is 57.5. The Hall–Kier alpha value is -0.340. The summed E-state index contributed by atoms with van der Waals surface area (Å²) in [5, 5.41) is 0. The third kappa shape index (κ3) is 8.95. The van der Waals surface area contributed by atoms with Gasteiger partial charge in [-0.05, 0) is 38.8 Å². The molecule has 1 atom stereocenters. The van der Waals surface area contributed by atoms with Gasteiger partial charge in [-0.1, -0.05) is 39.5 Å². The molecule has 1 saturated heterocycles. The third-order valence-electron chi connectivity index (χ3n) is 3.73. The van der Waals surface area contributed by atoms with Gasteiger partial charge in [0.2, 0.25) is 0 Å². The molecule has 8 heteroatoms. The van der Waals surface area contributed by atoms with E-state index in [0.29, 0.717) is 0 Å². The fourth-order valence-corrected chi connectivity index (χ4v) is 2.48. The lowest BCUT2D eigenvalue weighted by atomic mass is 9.97. The summed E-state index contributed by atoms with van der Waals surface area (Å²) in [6.07, 6.45) is 11.3. The molecule has 0 saturated carbocycles. The van der Waals surface area contributed by atoms with Gasteiger partial charge in [0.05, 0.1) is 0 Å². The van der Waals surface area contributed by atoms with Gasteiger partial charge in [-0.15, -0.1) is 0 Å². The second-order valence-corrected chi connectivity index (χ2v) is 7.02. The zero-order chi connectivity index (χ0) is 17.2. The number of alkyl halides is 3. The summed E-state index contributed by atoms with van der Waals surface area (Å²) in [7, 11) is -5.84. The lowest BCUT2D eigenvalue weighted by Gasteiger charge is -2.35. The minimum atomic E-state index is -5.84. The van der Waals surface area contributed by atoms with Crippen LogP contribution in [0.3, 0.4) is 0 Å². The molecule has 0 aromatic carbocycles. The first kappa shape index (κ1) is 21.7. The summed E-state index contributed by atoms with van der Waals surface area (Å²) in [4.78, 5) is 2.75. The first-order chi connectivity index (χ1) is 10.1. The molecule has 0 radical (unpaired) electrons. The van der Waals surface area contributed by atoms with Crippen molar-refractivity contribution in [1.82, 2.24) is 4.90 Å². The number of hydrogen-bond acceptors (Lipinski definition) is 3. The monoisotopic (exact) mass is 347 g/mol. The van der Waals surface area contributed by atoms with Gasteiger partial charge >= 0.3 is 15.6 Å². The fourth-order valence-electron chi connectivity index (χ4n) is 2.48. The Kier molecular flexibility index (Phi) is 10.3. The second-order valence-electron chi connectivity index (χ2n) is 5.60. The molecule has 1 aliphatic rings. The first-order valence-corrected chi connectivity index (χ1v) is 9.35. The lowest BCUT2D eigenvalue weighted by molar-refractivity contribution is -0.0510. The van der Waals surface area contributed by atoms with E-state index in [0.717, 1.165) is 6.04 Å². The molecule has 1 rings (SSSR count). The number of halogens is 3. The first-order valence-electron chi connectivity index (χ1n) is 7.91. The third-order valence-corrected chi connectivity index (χ3v) is 4.32. The van der Waals surface area contributed by atoms with Crippen LogP contribution >= 0.6 is 0 Å². The van der Waals surface area contributed by atoms with Crippen LogP contribution in [0.15, 0.2) is 0 Å². The average Bonchev–Trinajstić information content (AvgIpc) is 2.42. The number of piperidine rings is 1. The number of nitrogens with zero attached hydrogens (tertiary/aromatic N) is 1. The maximum Gasteiger partial charge on any atom is 0.522 e. The topological polar surface area (TPSA) is 57.6 Å². The van der Waals surface area contributed by atoms with Crippen molar-refractivity contribution in [1.29, 1.82) is 0 Å². The van der Waals surface area contributed by atoms with Crippen LogP contribution in [-0.4, -0.2) is 42.5 Å². The molecule has 1 heterocycles. The Balaban J connectivity index is 0.000000472. The predicted octanol–water partition coefficient (Wildman–Crippen LogP) is 4.23. The predicted molar refractivity (Wildman–Crippen MR) is 81.2 cm³/mol. The van der Waals surface area contributed by atoms with Crippen molar-refractivity contribution in [3.63, 3.8) is 0 Å². The van der Waals surface area contributed by atoms with Crippen molar-refractivity contribution in [3.8, 4) is 0 Å². The van der Waals surface area contributed by atoms with Crippen molar-refractivity contribution < 1.29 is 26.1 Å². The van der Waals surface area contributed by atoms with Crippen molar-refractivity contribution in [2.75, 3.05) is 13.1 Å². The van der Waals surface area contributed by atoms with Crippen LogP contribution in [0.1, 0.15) is 65.2 Å². The van der Waals surface area contributed by atoms with Gasteiger partial charge in [0.15, 0.2) is 0 Å². The molecule has 1 fully saturated rings. The lowest BCUT2D eigenvalue weighted by Crippen LogP contribution is -2.39. The maximum atomic E-state index is 10.7. The van der Waals surface area contributed by atoms with E-state index in [-0.39, 0.29) is 0 Å². The quantitative estimate of drug-likeness (QED) is 0.577. The Morgan fingerprint density at radius 1 is 1.14 bits per heavy atom. The molecule has 22 heavy (non-hydrogen) atoms. The summed E-state index contributed by atoms with van der Waals surface area (Å²) >= 11 is 0. The highest BCUT2D eigenvalue weighted by Crippen LogP contribution is 2.22. The molecule has 0 amide bonds. The summed E-state index contributed by atoms with van der Waals surface area (Å²) in [5.41, 5.74) is -5.53. The molecule has 0 aromatic heterocycles. The molecule has 1 N–H and O–H groups in total. The van der Waals surface area contributed by atoms with Crippen LogP contribution < -0.4 is 0 Å². The molecule has 0 aliphatic carbocycles. The van der Waals surface area contributed by atoms with Crippen molar-refractivity contribution >= 4 is 10.1 Å². The van der Waals surface area contributed by atoms with Crippen LogP contribution in [0.2, 0.25) is 0 Å². The SMILES string of the molecule is CCCCC1CCCCN1CCCC.O=S(=O)(O)C(F)(F)F. The smallest absolute Gasteiger partial charge is 0.300 e. The van der Waals surface area contributed by atoms with Crippen LogP contribution in [0, 0.1) is 0 Å². The van der Waals surface area contributed by atoms with E-state index >= 15 is 0 Å². The Labute approximate surface area is 131 Å². The highest BCUT2D eigenvalue weighted by Gasteiger charge is 2.44. The number of hydrogen-bond donors (Lipinski definition) is 1. The normalized spacial score (nSPS) is 20.4. The number of rotatable bonds is 6. The van der Waals surface area contributed by atoms with E-state index in [4.69, 9.17) is 13.0 Å². The second kappa shape index (κ2) is 10.4. The van der Waals surface area contributed by atoms with Crippen LogP contribution in [0.4, 0.5) is 13.2 Å². The van der Waals surface area contributed by atoms with Gasteiger partial charge in [0.25, 0.3) is 0 Å². The van der Waals surface area contributed by atoms with Gasteiger partial charge in [-0.3, -0.25) is 4.55 Å². The van der Waals surface area contributed by atoms with Gasteiger partial charge in [0, 0.05) is 6.04 Å². The minimum absolute atomic E-state index is 0.926. The summed E-state index contributed by atoms with van der Waals surface area (Å²) in [6.45, 7) is 7.32. The summed E-state index contributed by atoms with van der Waals surface area (Å²) in [5.74, 6) is 0. The van der Waals surface area contributed by atoms with Crippen LogP contribution in [0.25, 0.3) is 0 Å². The van der Waals surface area contributed by atoms with E-state index in [2.05, 4.69) is 18.7 Å². The number of likely N-dealkylation sites (tertiary alicyclic amines) is 1. The molecule has 1 aliphatic heterocycles. The van der Waals surface area contributed by atoms with E-state index < -0.39 is 15.6 Å². The Bertz CT molecular complexity index is 369. The molecular weight excluding hydrogens is 319 g/mol. The molecule has 134 valence electrons. The maximum absolute atomic E-state index is 10.7. The van der Waals surface area contributed by atoms with Crippen LogP contribution in [-0.2, 0) is 10.1 Å². The van der Waals surface area contributed by atoms with E-state index in [1.54, 1.807) is 0 Å². The average molecular weight is 347 g/mol. The van der Waals surface area contributed by atoms with Crippen molar-refractivity contribution in [2.24, 2.45) is 0 Å². The molecule has 4 nitrogen and oxygen atoms in total. The largest absolute Gasteiger partial charge is 0.522 e. The summed E-state index contributed by atoms with van der Waals surface area (Å²) in [6, 6.07) is 0.926. The van der Waals surface area contributed by atoms with Crippen molar-refractivity contribution in [3.05, 3.63) is 0 Å². The van der Waals surface area contributed by atoms with Crippen LogP contribution in [0.5, 0.6) is 0 Å². The number of unbranched alkanes of at least 4 members (excludes halogenated alkanes) is 2. The van der Waals surface area contributed by atoms with Gasteiger partial charge in [-0.2, -0.15) is 21.6 Å². The highest BCUT2D eigenvalue weighted by molar-refractivity contribution is 7.86.